The lowest BCUT2D eigenvalue weighted by Crippen LogP contribution is -2.62. The molecule has 5 aromatic rings. The number of aliphatic imine (C=N–C) groups is 2. The van der Waals surface area contributed by atoms with Gasteiger partial charge < -0.3 is 98.4 Å². The van der Waals surface area contributed by atoms with Crippen LogP contribution in [0.25, 0.3) is 10.9 Å². The summed E-state index contributed by atoms with van der Waals surface area (Å²) in [7, 11) is 0. The van der Waals surface area contributed by atoms with Crippen molar-refractivity contribution in [1.82, 2.24) is 57.5 Å². The van der Waals surface area contributed by atoms with E-state index in [1.165, 1.54) is 12.5 Å². The van der Waals surface area contributed by atoms with Crippen LogP contribution in [0.5, 0.6) is 0 Å². The molecule has 0 spiro atoms. The summed E-state index contributed by atoms with van der Waals surface area (Å²) in [5.41, 5.74) is 48.7. The number of carbonyl (C=O) groups excluding carboxylic acids is 9. The molecule has 2 aromatic heterocycles. The molecule has 0 fully saturated rings. The fourth-order valence-corrected chi connectivity index (χ4v) is 10.5. The van der Waals surface area contributed by atoms with Crippen molar-refractivity contribution >= 4 is 76.0 Å². The van der Waals surface area contributed by atoms with Crippen molar-refractivity contribution in [2.24, 2.45) is 61.8 Å². The number of nitrogens with zero attached hydrogens (tertiary/aromatic N) is 3. The highest BCUT2D eigenvalue weighted by atomic mass is 16.2. The second-order valence-electron chi connectivity index (χ2n) is 23.5. The summed E-state index contributed by atoms with van der Waals surface area (Å²) in [4.78, 5) is 147. The normalized spacial score (nSPS) is 14.3. The number of fused-ring (bicyclic) bond motifs is 1. The van der Waals surface area contributed by atoms with E-state index in [0.29, 0.717) is 73.9 Å². The van der Waals surface area contributed by atoms with Crippen molar-refractivity contribution in [1.29, 1.82) is 0 Å². The first-order chi connectivity index (χ1) is 45.6. The van der Waals surface area contributed by atoms with Gasteiger partial charge in [-0.05, 0) is 106 Å². The molecule has 0 radical (unpaired) electrons. The van der Waals surface area contributed by atoms with Crippen molar-refractivity contribution < 1.29 is 43.2 Å². The van der Waals surface area contributed by atoms with Crippen LogP contribution in [-0.2, 0) is 68.8 Å². The number of aromatic nitrogens is 3. The molecule has 0 saturated carbocycles. The fourth-order valence-electron chi connectivity index (χ4n) is 10.5. The van der Waals surface area contributed by atoms with Gasteiger partial charge in [-0.2, -0.15) is 0 Å². The van der Waals surface area contributed by atoms with E-state index in [1.54, 1.807) is 73.8 Å². The van der Waals surface area contributed by atoms with Gasteiger partial charge in [0.25, 0.3) is 0 Å². The molecule has 3 aromatic carbocycles. The molecule has 0 aliphatic heterocycles. The summed E-state index contributed by atoms with van der Waals surface area (Å²) < 4.78 is 0. The molecule has 26 N–H and O–H groups in total. The maximum atomic E-state index is 15.0. The Balaban J connectivity index is 1.43. The van der Waals surface area contributed by atoms with Gasteiger partial charge in [0, 0.05) is 67.8 Å². The minimum absolute atomic E-state index is 0.0107. The first-order valence-corrected chi connectivity index (χ1v) is 32.2. The Morgan fingerprint density at radius 2 is 0.905 bits per heavy atom. The summed E-state index contributed by atoms with van der Waals surface area (Å²) in [6.45, 7) is 4.50. The quantitative estimate of drug-likeness (QED) is 0.0117. The topological polar surface area (TPSA) is 527 Å². The van der Waals surface area contributed by atoms with Crippen LogP contribution in [-0.4, -0.2) is 161 Å². The molecule has 9 amide bonds. The molecule has 95 heavy (non-hydrogen) atoms. The average molecular weight is 1320 g/mol. The lowest BCUT2D eigenvalue weighted by Gasteiger charge is -2.30. The number of nitrogens with one attached hydrogen (secondary N) is 10. The second kappa shape index (κ2) is 40.2. The van der Waals surface area contributed by atoms with Crippen LogP contribution >= 0.6 is 0 Å². The molecule has 10 atom stereocenters. The maximum Gasteiger partial charge on any atom is 0.243 e. The van der Waals surface area contributed by atoms with Crippen LogP contribution < -0.4 is 88.4 Å². The predicted molar refractivity (Wildman–Crippen MR) is 362 cm³/mol. The van der Waals surface area contributed by atoms with Crippen LogP contribution in [0.1, 0.15) is 107 Å². The molecule has 2 heterocycles. The highest BCUT2D eigenvalue weighted by Gasteiger charge is 2.37. The molecule has 30 nitrogen and oxygen atoms in total. The van der Waals surface area contributed by atoms with E-state index in [0.717, 1.165) is 10.9 Å². The Kier molecular flexibility index (Phi) is 32.1. The van der Waals surface area contributed by atoms with E-state index in [4.69, 9.17) is 45.9 Å². The van der Waals surface area contributed by atoms with E-state index in [-0.39, 0.29) is 82.9 Å². The highest BCUT2D eigenvalue weighted by molar-refractivity contribution is 5.99. The number of amides is 9. The third kappa shape index (κ3) is 26.2. The Labute approximate surface area is 553 Å². The molecular weight excluding hydrogens is 1220 g/mol. The van der Waals surface area contributed by atoms with Gasteiger partial charge >= 0.3 is 0 Å². The molecule has 516 valence electrons. The number of carbonyl (C=O) groups is 9. The third-order valence-electron chi connectivity index (χ3n) is 16.0. The van der Waals surface area contributed by atoms with Crippen molar-refractivity contribution in [3.05, 3.63) is 126 Å². The summed E-state index contributed by atoms with van der Waals surface area (Å²) in [5, 5.41) is 23.2. The van der Waals surface area contributed by atoms with Gasteiger partial charge in [0.05, 0.1) is 12.4 Å². The summed E-state index contributed by atoms with van der Waals surface area (Å²) in [6.07, 6.45) is 7.41. The predicted octanol–water partition coefficient (Wildman–Crippen LogP) is -1.74. The molecule has 5 rings (SSSR count). The number of imidazole rings is 1. The van der Waals surface area contributed by atoms with Gasteiger partial charge in [0.1, 0.15) is 48.3 Å². The van der Waals surface area contributed by atoms with E-state index < -0.39 is 113 Å². The van der Waals surface area contributed by atoms with Gasteiger partial charge in [-0.3, -0.25) is 53.1 Å². The summed E-state index contributed by atoms with van der Waals surface area (Å²) in [6, 6.07) is 13.7. The van der Waals surface area contributed by atoms with Crippen LogP contribution in [0.4, 0.5) is 0 Å². The Morgan fingerprint density at radius 1 is 0.474 bits per heavy atom. The number of rotatable bonds is 43. The minimum atomic E-state index is -1.43. The number of benzene rings is 3. The molecule has 0 saturated heterocycles. The first kappa shape index (κ1) is 75.8. The molecular formula is C65H97N21O9. The van der Waals surface area contributed by atoms with Crippen molar-refractivity contribution in [3.63, 3.8) is 0 Å². The number of H-pyrrole nitrogens is 2. The average Bonchev–Trinajstić information content (AvgIpc) is 1.77. The van der Waals surface area contributed by atoms with Gasteiger partial charge in [-0.15, -0.1) is 0 Å². The van der Waals surface area contributed by atoms with Gasteiger partial charge in [0.15, 0.2) is 11.9 Å². The number of hydrogen-bond acceptors (Lipinski definition) is 15. The zero-order valence-corrected chi connectivity index (χ0v) is 54.2. The lowest BCUT2D eigenvalue weighted by atomic mass is 9.96. The number of primary amides is 1. The fraction of sp³-hybridized carbons (Fsp3) is 0.477. The minimum Gasteiger partial charge on any atom is -0.370 e. The zero-order valence-electron chi connectivity index (χ0n) is 54.2. The lowest BCUT2D eigenvalue weighted by molar-refractivity contribution is -0.136. The molecule has 0 aliphatic rings. The van der Waals surface area contributed by atoms with Gasteiger partial charge in [0.2, 0.25) is 53.2 Å². The Hall–Kier alpha value is -9.94. The molecule has 0 bridgehead atoms. The van der Waals surface area contributed by atoms with E-state index >= 15 is 9.59 Å². The van der Waals surface area contributed by atoms with Crippen molar-refractivity contribution in [2.45, 2.75) is 165 Å². The van der Waals surface area contributed by atoms with Crippen molar-refractivity contribution in [3.8, 4) is 0 Å². The second-order valence-corrected chi connectivity index (χ2v) is 23.5. The number of unbranched alkanes of at least 4 members (excludes halogenated alkanes) is 2. The molecule has 30 heteroatoms. The van der Waals surface area contributed by atoms with E-state index in [2.05, 4.69) is 67.5 Å². The van der Waals surface area contributed by atoms with Crippen LogP contribution in [0.15, 0.2) is 114 Å². The van der Waals surface area contributed by atoms with E-state index in [1.807, 2.05) is 31.2 Å². The molecule has 0 aliphatic carbocycles. The number of guanidine groups is 2. The summed E-state index contributed by atoms with van der Waals surface area (Å²) in [5.74, 6) is -7.62. The standard InChI is InChI=1S/C65H97N21O9/c1-3-39(2)54(86-62(94)51(33-41-20-8-5-9-21-41)83-60(92)52(34-42-36-77-46-24-11-10-22-44(42)46)82-56(88)45(68)23-16-30-75-64(70)71)63(95)85-50(32-40-18-6-4-7-19-40)59(91)84-53(35-43-37-74-38-78-43)61(93)81-49(26-13-15-29-67)58(90)80-48(25-12-14-28-66)57(89)79-47(55(69)87)27-17-31-76-65(72)73/h4-11,18-22,24,36-39,45,47-54,77H,3,12-17,23,25-35,66-68H2,1-2H3,(H2,69,87)(H,74,78)(H,79,89)(H,80,90)(H,81,93)(H,82,88)(H,83,92)(H,84,91)(H,85,95)(H,86,94)(H4,70,71,75)(H4,72,73,76)/t39-,45-,47-,48-,49-,50+,51+,52+,53-,54-/m0/s1. The van der Waals surface area contributed by atoms with Crippen LogP contribution in [0.3, 0.4) is 0 Å². The summed E-state index contributed by atoms with van der Waals surface area (Å²) >= 11 is 0. The van der Waals surface area contributed by atoms with Gasteiger partial charge in [-0.1, -0.05) is 99.1 Å². The number of aromatic amines is 2. The maximum absolute atomic E-state index is 15.0. The first-order valence-electron chi connectivity index (χ1n) is 32.2. The highest BCUT2D eigenvalue weighted by Crippen LogP contribution is 2.21. The Bertz CT molecular complexity index is 3300. The molecule has 0 unspecified atom stereocenters. The van der Waals surface area contributed by atoms with Crippen molar-refractivity contribution in [2.75, 3.05) is 26.2 Å². The largest absolute Gasteiger partial charge is 0.370 e. The number of hydrogen-bond donors (Lipinski definition) is 18. The van der Waals surface area contributed by atoms with Crippen LogP contribution in [0.2, 0.25) is 0 Å². The Morgan fingerprint density at radius 3 is 1.40 bits per heavy atom. The third-order valence-corrected chi connectivity index (χ3v) is 16.0. The smallest absolute Gasteiger partial charge is 0.243 e. The van der Waals surface area contributed by atoms with E-state index in [9.17, 15) is 33.6 Å². The van der Waals surface area contributed by atoms with Gasteiger partial charge in [-0.25, -0.2) is 4.98 Å². The number of nitrogens with two attached hydrogens (primary N) is 8. The monoisotopic (exact) mass is 1320 g/mol. The van der Waals surface area contributed by atoms with Crippen LogP contribution in [0, 0.1) is 5.92 Å². The zero-order chi connectivity index (χ0) is 69.2. The number of para-hydroxylation sites is 1. The SMILES string of the molecule is CC[C@H](C)[C@H](NC(=O)[C@@H](Cc1ccccc1)NC(=O)[C@@H](Cc1c[nH]c2ccccc12)NC(=O)[C@@H](N)CCCN=C(N)N)C(=O)N[C@H](Cc1ccccc1)C(=O)N[C@@H](Cc1cnc[nH]1)C(=O)N[C@@H](CCCCN)C(=O)N[C@@H](CCCCN)C(=O)N[C@@H](CCCN=C(N)N)C(N)=O.